The number of hydrogen-bond donors (Lipinski definition) is 0. The Balaban J connectivity index is 1.77. The zero-order valence-corrected chi connectivity index (χ0v) is 17.1. The molecule has 0 spiro atoms. The molecule has 1 aromatic rings. The summed E-state index contributed by atoms with van der Waals surface area (Å²) in [6.07, 6.45) is -3.45. The second kappa shape index (κ2) is 7.50. The van der Waals surface area contributed by atoms with E-state index in [9.17, 15) is 22.8 Å². The minimum Gasteiger partial charge on any atom is -0.379 e. The first kappa shape index (κ1) is 21.1. The average molecular weight is 422 g/mol. The third-order valence-corrected chi connectivity index (χ3v) is 6.03. The molecule has 30 heavy (non-hydrogen) atoms. The van der Waals surface area contributed by atoms with Crippen molar-refractivity contribution < 1.29 is 27.5 Å². The molecule has 4 rings (SSSR count). The predicted octanol–water partition coefficient (Wildman–Crippen LogP) is 3.91. The van der Waals surface area contributed by atoms with Gasteiger partial charge in [-0.1, -0.05) is 26.0 Å². The number of hydrazine groups is 1. The Bertz CT molecular complexity index is 884. The summed E-state index contributed by atoms with van der Waals surface area (Å²) in [5, 5.41) is 3.58. The highest BCUT2D eigenvalue weighted by molar-refractivity contribution is 6.02. The molecule has 1 aromatic carbocycles. The lowest BCUT2D eigenvalue weighted by Crippen LogP contribution is -2.55. The van der Waals surface area contributed by atoms with Gasteiger partial charge in [-0.3, -0.25) is 9.59 Å². The lowest BCUT2D eigenvalue weighted by atomic mass is 9.69. The molecule has 1 amide bonds. The van der Waals surface area contributed by atoms with Crippen molar-refractivity contribution in [2.45, 2.75) is 45.2 Å². The quantitative estimate of drug-likeness (QED) is 0.725. The minimum atomic E-state index is -4.43. The van der Waals surface area contributed by atoms with Gasteiger partial charge in [0.1, 0.15) is 0 Å². The number of nitrogens with zero attached hydrogens (tertiary/aromatic N) is 2. The van der Waals surface area contributed by atoms with E-state index in [4.69, 9.17) is 4.74 Å². The maximum atomic E-state index is 13.2. The van der Waals surface area contributed by atoms with Crippen molar-refractivity contribution in [1.29, 1.82) is 0 Å². The number of amides is 1. The minimum absolute atomic E-state index is 0.0306. The zero-order valence-electron chi connectivity index (χ0n) is 17.1. The van der Waals surface area contributed by atoms with Crippen LogP contribution in [0.2, 0.25) is 0 Å². The maximum absolute atomic E-state index is 13.2. The van der Waals surface area contributed by atoms with Crippen molar-refractivity contribution in [3.63, 3.8) is 0 Å². The smallest absolute Gasteiger partial charge is 0.379 e. The lowest BCUT2D eigenvalue weighted by molar-refractivity contribution is -0.154. The largest absolute Gasteiger partial charge is 0.416 e. The van der Waals surface area contributed by atoms with E-state index in [0.29, 0.717) is 56.0 Å². The number of allylic oxidation sites excluding steroid dienone is 2. The molecule has 162 valence electrons. The van der Waals surface area contributed by atoms with Gasteiger partial charge in [0, 0.05) is 43.1 Å². The van der Waals surface area contributed by atoms with Crippen molar-refractivity contribution in [1.82, 2.24) is 10.0 Å². The van der Waals surface area contributed by atoms with E-state index in [1.54, 1.807) is 5.01 Å². The number of carbonyl (C=O) groups excluding carboxylic acids is 2. The Labute approximate surface area is 173 Å². The van der Waals surface area contributed by atoms with Gasteiger partial charge >= 0.3 is 6.18 Å². The summed E-state index contributed by atoms with van der Waals surface area (Å²) in [4.78, 5) is 26.4. The number of Topliss-reactive ketones (excluding diaryl/α,β-unsaturated/α-hetero) is 1. The van der Waals surface area contributed by atoms with E-state index in [2.05, 4.69) is 0 Å². The van der Waals surface area contributed by atoms with Crippen molar-refractivity contribution in [3.05, 3.63) is 46.7 Å². The Hall–Kier alpha value is -2.19. The molecule has 0 bridgehead atoms. The van der Waals surface area contributed by atoms with Gasteiger partial charge in [0.15, 0.2) is 5.78 Å². The highest BCUT2D eigenvalue weighted by Gasteiger charge is 2.45. The van der Waals surface area contributed by atoms with Crippen LogP contribution in [-0.4, -0.2) is 48.0 Å². The Kier molecular flexibility index (Phi) is 5.26. The third kappa shape index (κ3) is 3.90. The SMILES string of the molecule is CC1(C)CC(=O)C2=C(C1)N(N1CCOCC1)C(=O)CC2c1ccc(C(F)(F)F)cc1. The third-order valence-electron chi connectivity index (χ3n) is 6.03. The molecule has 0 aromatic heterocycles. The fourth-order valence-corrected chi connectivity index (χ4v) is 4.67. The molecule has 1 fully saturated rings. The van der Waals surface area contributed by atoms with E-state index in [0.717, 1.165) is 12.1 Å². The van der Waals surface area contributed by atoms with Gasteiger partial charge in [0.25, 0.3) is 0 Å². The van der Waals surface area contributed by atoms with Crippen molar-refractivity contribution in [2.75, 3.05) is 26.3 Å². The summed E-state index contributed by atoms with van der Waals surface area (Å²) < 4.78 is 44.3. The summed E-state index contributed by atoms with van der Waals surface area (Å²) >= 11 is 0. The molecule has 0 saturated carbocycles. The van der Waals surface area contributed by atoms with Gasteiger partial charge in [-0.15, -0.1) is 0 Å². The van der Waals surface area contributed by atoms with Crippen LogP contribution in [0.4, 0.5) is 13.2 Å². The summed E-state index contributed by atoms with van der Waals surface area (Å²) in [7, 11) is 0. The van der Waals surface area contributed by atoms with E-state index in [1.807, 2.05) is 18.9 Å². The van der Waals surface area contributed by atoms with Crippen LogP contribution in [-0.2, 0) is 20.5 Å². The molecule has 2 aliphatic heterocycles. The first-order valence-electron chi connectivity index (χ1n) is 10.2. The van der Waals surface area contributed by atoms with E-state index in [1.165, 1.54) is 12.1 Å². The summed E-state index contributed by atoms with van der Waals surface area (Å²) in [5.41, 5.74) is 0.801. The fraction of sp³-hybridized carbons (Fsp3) is 0.545. The normalized spacial score (nSPS) is 25.5. The van der Waals surface area contributed by atoms with Crippen molar-refractivity contribution >= 4 is 11.7 Å². The first-order chi connectivity index (χ1) is 14.1. The molecule has 1 unspecified atom stereocenters. The molecule has 0 radical (unpaired) electrons. The Morgan fingerprint density at radius 1 is 1.03 bits per heavy atom. The topological polar surface area (TPSA) is 49.9 Å². The molecule has 1 saturated heterocycles. The highest BCUT2D eigenvalue weighted by Crippen LogP contribution is 2.47. The number of benzene rings is 1. The van der Waals surface area contributed by atoms with Gasteiger partial charge < -0.3 is 4.74 Å². The molecule has 1 atom stereocenters. The predicted molar refractivity (Wildman–Crippen MR) is 103 cm³/mol. The molecule has 2 heterocycles. The summed E-state index contributed by atoms with van der Waals surface area (Å²) in [5.74, 6) is -0.682. The van der Waals surface area contributed by atoms with Gasteiger partial charge in [0.05, 0.1) is 18.8 Å². The van der Waals surface area contributed by atoms with Gasteiger partial charge in [-0.25, -0.2) is 10.0 Å². The molecular formula is C22H25F3N2O3. The number of carbonyl (C=O) groups is 2. The van der Waals surface area contributed by atoms with Gasteiger partial charge in [0.2, 0.25) is 5.91 Å². The zero-order chi connectivity index (χ0) is 21.7. The molecule has 1 aliphatic carbocycles. The number of alkyl halides is 3. The van der Waals surface area contributed by atoms with Crippen LogP contribution in [0.1, 0.15) is 50.2 Å². The van der Waals surface area contributed by atoms with Crippen molar-refractivity contribution in [2.24, 2.45) is 5.41 Å². The second-order valence-electron chi connectivity index (χ2n) is 8.95. The van der Waals surface area contributed by atoms with Crippen LogP contribution < -0.4 is 0 Å². The van der Waals surface area contributed by atoms with Crippen LogP contribution in [0.5, 0.6) is 0 Å². The molecule has 8 heteroatoms. The summed E-state index contributed by atoms with van der Waals surface area (Å²) in [6, 6.07) is 4.82. The first-order valence-corrected chi connectivity index (χ1v) is 10.2. The number of ether oxygens (including phenoxy) is 1. The van der Waals surface area contributed by atoms with Gasteiger partial charge in [-0.05, 0) is 29.5 Å². The molecule has 0 N–H and O–H groups in total. The highest BCUT2D eigenvalue weighted by atomic mass is 19.4. The molecular weight excluding hydrogens is 397 g/mol. The van der Waals surface area contributed by atoms with E-state index >= 15 is 0 Å². The standard InChI is InChI=1S/C22H25F3N2O3/c1-21(2)12-17-20(18(28)13-21)16(14-3-5-15(6-4-14)22(23,24)25)11-19(29)27(17)26-7-9-30-10-8-26/h3-6,16H,7-13H2,1-2H3. The van der Waals surface area contributed by atoms with Crippen LogP contribution >= 0.6 is 0 Å². The Morgan fingerprint density at radius 2 is 1.67 bits per heavy atom. The summed E-state index contributed by atoms with van der Waals surface area (Å²) in [6.45, 7) is 6.12. The van der Waals surface area contributed by atoms with Crippen LogP contribution in [0.15, 0.2) is 35.5 Å². The van der Waals surface area contributed by atoms with E-state index in [-0.39, 0.29) is 23.5 Å². The monoisotopic (exact) mass is 422 g/mol. The van der Waals surface area contributed by atoms with Crippen LogP contribution in [0, 0.1) is 5.41 Å². The number of ketones is 1. The maximum Gasteiger partial charge on any atom is 0.416 e. The molecule has 3 aliphatic rings. The van der Waals surface area contributed by atoms with Crippen LogP contribution in [0.3, 0.4) is 0 Å². The average Bonchev–Trinajstić information content (AvgIpc) is 2.66. The second-order valence-corrected chi connectivity index (χ2v) is 8.95. The fourth-order valence-electron chi connectivity index (χ4n) is 4.67. The number of halogens is 3. The number of morpholine rings is 1. The van der Waals surface area contributed by atoms with Crippen molar-refractivity contribution in [3.8, 4) is 0 Å². The lowest BCUT2D eigenvalue weighted by Gasteiger charge is -2.47. The van der Waals surface area contributed by atoms with Crippen LogP contribution in [0.25, 0.3) is 0 Å². The van der Waals surface area contributed by atoms with E-state index < -0.39 is 17.7 Å². The van der Waals surface area contributed by atoms with Gasteiger partial charge in [-0.2, -0.15) is 13.2 Å². The molecule has 5 nitrogen and oxygen atoms in total. The number of rotatable bonds is 2. The Morgan fingerprint density at radius 3 is 2.27 bits per heavy atom. The number of hydrogen-bond acceptors (Lipinski definition) is 4.